The predicted octanol–water partition coefficient (Wildman–Crippen LogP) is 1.23. The molecular formula is C11H17NO5S2. The summed E-state index contributed by atoms with van der Waals surface area (Å²) in [6.45, 7) is 2.01. The van der Waals surface area contributed by atoms with E-state index >= 15 is 0 Å². The second-order valence-electron chi connectivity index (χ2n) is 3.91. The van der Waals surface area contributed by atoms with Gasteiger partial charge in [-0.3, -0.25) is 0 Å². The molecule has 1 aromatic heterocycles. The van der Waals surface area contributed by atoms with Crippen molar-refractivity contribution in [1.82, 2.24) is 4.31 Å². The van der Waals surface area contributed by atoms with Gasteiger partial charge < -0.3 is 10.2 Å². The Morgan fingerprint density at radius 3 is 2.53 bits per heavy atom. The molecular weight excluding hydrogens is 290 g/mol. The molecule has 0 fully saturated rings. The largest absolute Gasteiger partial charge is 0.477 e. The topological polar surface area (TPSA) is 94.9 Å². The van der Waals surface area contributed by atoms with Gasteiger partial charge in [-0.2, -0.15) is 4.31 Å². The first kappa shape index (κ1) is 16.1. The van der Waals surface area contributed by atoms with E-state index in [1.807, 2.05) is 6.92 Å². The third kappa shape index (κ3) is 4.00. The number of hydrogen-bond acceptors (Lipinski definition) is 5. The quantitative estimate of drug-likeness (QED) is 0.753. The van der Waals surface area contributed by atoms with Gasteiger partial charge in [0.2, 0.25) is 0 Å². The molecule has 0 saturated heterocycles. The molecule has 1 aromatic rings. The van der Waals surface area contributed by atoms with Crippen LogP contribution in [0.3, 0.4) is 0 Å². The summed E-state index contributed by atoms with van der Waals surface area (Å²) in [7, 11) is -3.72. The lowest BCUT2D eigenvalue weighted by Crippen LogP contribution is -2.34. The number of nitrogens with zero attached hydrogens (tertiary/aromatic N) is 1. The van der Waals surface area contributed by atoms with Gasteiger partial charge in [0.15, 0.2) is 0 Å². The lowest BCUT2D eigenvalue weighted by atomic mass is 10.3. The molecule has 0 amide bonds. The molecule has 0 bridgehead atoms. The van der Waals surface area contributed by atoms with Crippen molar-refractivity contribution in [3.63, 3.8) is 0 Å². The molecule has 19 heavy (non-hydrogen) atoms. The van der Waals surface area contributed by atoms with Crippen molar-refractivity contribution in [2.45, 2.75) is 24.0 Å². The minimum atomic E-state index is -3.72. The Hall–Kier alpha value is -0.960. The van der Waals surface area contributed by atoms with E-state index in [4.69, 9.17) is 10.2 Å². The minimum Gasteiger partial charge on any atom is -0.477 e. The molecule has 0 atom stereocenters. The summed E-state index contributed by atoms with van der Waals surface area (Å²) < 4.78 is 25.8. The molecule has 1 rings (SSSR count). The van der Waals surface area contributed by atoms with Crippen molar-refractivity contribution >= 4 is 27.3 Å². The first-order chi connectivity index (χ1) is 8.93. The highest BCUT2D eigenvalue weighted by molar-refractivity contribution is 7.91. The van der Waals surface area contributed by atoms with Gasteiger partial charge in [0, 0.05) is 13.1 Å². The predicted molar refractivity (Wildman–Crippen MR) is 72.0 cm³/mol. The maximum atomic E-state index is 12.3. The molecule has 0 aromatic carbocycles. The number of aliphatic hydroxyl groups excluding tert-OH is 1. The smallest absolute Gasteiger partial charge is 0.345 e. The van der Waals surface area contributed by atoms with Crippen LogP contribution >= 0.6 is 11.3 Å². The van der Waals surface area contributed by atoms with Gasteiger partial charge >= 0.3 is 5.97 Å². The fraction of sp³-hybridized carbons (Fsp3) is 0.545. The lowest BCUT2D eigenvalue weighted by Gasteiger charge is -2.19. The number of carboxylic acids is 1. The zero-order valence-electron chi connectivity index (χ0n) is 10.6. The first-order valence-electron chi connectivity index (χ1n) is 5.87. The van der Waals surface area contributed by atoms with Crippen LogP contribution in [0.4, 0.5) is 0 Å². The molecule has 0 aliphatic heterocycles. The standard InChI is InChI=1S/C11H17NO5S2/c1-2-3-6-12(7-8-13)19(16,17)10-5-4-9(18-10)11(14)15/h4-5,13H,2-3,6-8H2,1H3,(H,14,15). The van der Waals surface area contributed by atoms with Crippen LogP contribution in [0.15, 0.2) is 16.3 Å². The fourth-order valence-electron chi connectivity index (χ4n) is 1.50. The van der Waals surface area contributed by atoms with E-state index in [0.29, 0.717) is 13.0 Å². The highest BCUT2D eigenvalue weighted by atomic mass is 32.2. The van der Waals surface area contributed by atoms with E-state index in [9.17, 15) is 13.2 Å². The van der Waals surface area contributed by atoms with E-state index in [1.165, 1.54) is 16.4 Å². The van der Waals surface area contributed by atoms with Gasteiger partial charge in [-0.05, 0) is 18.6 Å². The third-order valence-electron chi connectivity index (χ3n) is 2.50. The van der Waals surface area contributed by atoms with E-state index in [0.717, 1.165) is 17.8 Å². The normalized spacial score (nSPS) is 11.9. The zero-order valence-corrected chi connectivity index (χ0v) is 12.2. The highest BCUT2D eigenvalue weighted by Crippen LogP contribution is 2.25. The van der Waals surface area contributed by atoms with Crippen LogP contribution in [0.1, 0.15) is 29.4 Å². The zero-order chi connectivity index (χ0) is 14.5. The van der Waals surface area contributed by atoms with Crippen molar-refractivity contribution in [3.05, 3.63) is 17.0 Å². The van der Waals surface area contributed by atoms with Gasteiger partial charge in [-0.15, -0.1) is 11.3 Å². The number of aliphatic hydroxyl groups is 1. The molecule has 0 unspecified atom stereocenters. The van der Waals surface area contributed by atoms with Crippen molar-refractivity contribution in [1.29, 1.82) is 0 Å². The molecule has 0 radical (unpaired) electrons. The molecule has 0 aliphatic rings. The Balaban J connectivity index is 3.00. The van der Waals surface area contributed by atoms with E-state index in [-0.39, 0.29) is 22.2 Å². The number of aromatic carboxylic acids is 1. The summed E-state index contributed by atoms with van der Waals surface area (Å²) in [6.07, 6.45) is 1.53. The van der Waals surface area contributed by atoms with Crippen LogP contribution < -0.4 is 0 Å². The third-order valence-corrected chi connectivity index (χ3v) is 5.94. The second kappa shape index (κ2) is 6.99. The maximum Gasteiger partial charge on any atom is 0.345 e. The van der Waals surface area contributed by atoms with Gasteiger partial charge in [0.05, 0.1) is 6.61 Å². The van der Waals surface area contributed by atoms with Crippen molar-refractivity contribution in [2.75, 3.05) is 19.7 Å². The van der Waals surface area contributed by atoms with Crippen molar-refractivity contribution < 1.29 is 23.4 Å². The molecule has 0 aliphatic carbocycles. The first-order valence-corrected chi connectivity index (χ1v) is 8.13. The fourth-order valence-corrected chi connectivity index (χ4v) is 4.27. The monoisotopic (exact) mass is 307 g/mol. The van der Waals surface area contributed by atoms with E-state index in [1.54, 1.807) is 0 Å². The average Bonchev–Trinajstić information content (AvgIpc) is 2.84. The van der Waals surface area contributed by atoms with Gasteiger partial charge in [0.1, 0.15) is 9.09 Å². The van der Waals surface area contributed by atoms with Crippen LogP contribution in [-0.4, -0.2) is 48.6 Å². The number of thiophene rings is 1. The second-order valence-corrected chi connectivity index (χ2v) is 7.15. The molecule has 2 N–H and O–H groups in total. The van der Waals surface area contributed by atoms with Crippen molar-refractivity contribution in [3.8, 4) is 0 Å². The summed E-state index contributed by atoms with van der Waals surface area (Å²) in [4.78, 5) is 10.8. The van der Waals surface area contributed by atoms with Gasteiger partial charge in [-0.1, -0.05) is 13.3 Å². The van der Waals surface area contributed by atoms with Crippen LogP contribution in [0.5, 0.6) is 0 Å². The molecule has 1 heterocycles. The van der Waals surface area contributed by atoms with Crippen LogP contribution in [0.2, 0.25) is 0 Å². The van der Waals surface area contributed by atoms with E-state index in [2.05, 4.69) is 0 Å². The maximum absolute atomic E-state index is 12.3. The summed E-state index contributed by atoms with van der Waals surface area (Å²) in [5.74, 6) is -1.14. The number of sulfonamides is 1. The van der Waals surface area contributed by atoms with Crippen LogP contribution in [-0.2, 0) is 10.0 Å². The van der Waals surface area contributed by atoms with Crippen LogP contribution in [0, 0.1) is 0 Å². The number of rotatable bonds is 8. The number of carboxylic acid groups (broad SMARTS) is 1. The van der Waals surface area contributed by atoms with Crippen molar-refractivity contribution in [2.24, 2.45) is 0 Å². The Labute approximate surface area is 116 Å². The summed E-state index contributed by atoms with van der Waals surface area (Å²) in [6, 6.07) is 2.57. The lowest BCUT2D eigenvalue weighted by molar-refractivity contribution is 0.0702. The van der Waals surface area contributed by atoms with Gasteiger partial charge in [0.25, 0.3) is 10.0 Å². The Morgan fingerprint density at radius 1 is 1.37 bits per heavy atom. The Bertz CT molecular complexity index is 523. The number of hydrogen-bond donors (Lipinski definition) is 2. The molecule has 6 nitrogen and oxygen atoms in total. The summed E-state index contributed by atoms with van der Waals surface area (Å²) in [5, 5.41) is 17.8. The molecule has 0 spiro atoms. The average molecular weight is 307 g/mol. The molecule has 108 valence electrons. The summed E-state index contributed by atoms with van der Waals surface area (Å²) in [5.41, 5.74) is 0. The SMILES string of the molecule is CCCCN(CCO)S(=O)(=O)c1ccc(C(=O)O)s1. The minimum absolute atomic E-state index is 0.00514. The number of carbonyl (C=O) groups is 1. The number of unbranched alkanes of at least 4 members (excludes halogenated alkanes) is 1. The van der Waals surface area contributed by atoms with Crippen LogP contribution in [0.25, 0.3) is 0 Å². The molecule has 0 saturated carbocycles. The van der Waals surface area contributed by atoms with E-state index < -0.39 is 16.0 Å². The Morgan fingerprint density at radius 2 is 2.05 bits per heavy atom. The summed E-state index contributed by atoms with van der Waals surface area (Å²) >= 11 is 0.725. The van der Waals surface area contributed by atoms with Gasteiger partial charge in [-0.25, -0.2) is 13.2 Å². The Kier molecular flexibility index (Phi) is 5.92. The highest BCUT2D eigenvalue weighted by Gasteiger charge is 2.26. The molecule has 8 heteroatoms.